The van der Waals surface area contributed by atoms with E-state index < -0.39 is 0 Å². The van der Waals surface area contributed by atoms with Crippen LogP contribution in [0.15, 0.2) is 18.3 Å². The molecule has 1 fully saturated rings. The second-order valence-corrected chi connectivity index (χ2v) is 3.61. The maximum atomic E-state index is 5.81. The lowest BCUT2D eigenvalue weighted by molar-refractivity contribution is 0.0277. The third kappa shape index (κ3) is 1.20. The van der Waals surface area contributed by atoms with Crippen LogP contribution < -0.4 is 10.1 Å². The molecule has 0 amide bonds. The van der Waals surface area contributed by atoms with Crippen molar-refractivity contribution < 1.29 is 4.74 Å². The van der Waals surface area contributed by atoms with Crippen molar-refractivity contribution in [2.24, 2.45) is 7.05 Å². The Morgan fingerprint density at radius 3 is 2.75 bits per heavy atom. The lowest BCUT2D eigenvalue weighted by Crippen LogP contribution is -2.61. The molecule has 1 aromatic rings. The zero-order valence-electron chi connectivity index (χ0n) is 7.50. The van der Waals surface area contributed by atoms with Crippen LogP contribution >= 0.6 is 0 Å². The number of aromatic nitrogens is 1. The Kier molecular flexibility index (Phi) is 1.61. The number of rotatable bonds is 2. The van der Waals surface area contributed by atoms with Crippen molar-refractivity contribution in [3.8, 4) is 5.88 Å². The van der Waals surface area contributed by atoms with E-state index in [0.717, 1.165) is 19.0 Å². The largest absolute Gasteiger partial charge is 0.470 e. The molecule has 1 aromatic heterocycles. The van der Waals surface area contributed by atoms with Crippen LogP contribution in [-0.4, -0.2) is 23.3 Å². The summed E-state index contributed by atoms with van der Waals surface area (Å²) in [6, 6.07) is 3.98. The van der Waals surface area contributed by atoms with Crippen molar-refractivity contribution in [3.63, 3.8) is 0 Å². The van der Waals surface area contributed by atoms with E-state index in [-0.39, 0.29) is 5.60 Å². The lowest BCUT2D eigenvalue weighted by Gasteiger charge is -2.39. The van der Waals surface area contributed by atoms with Gasteiger partial charge < -0.3 is 14.6 Å². The third-order valence-corrected chi connectivity index (χ3v) is 2.24. The molecule has 1 aliphatic rings. The van der Waals surface area contributed by atoms with Gasteiger partial charge in [0.05, 0.1) is 0 Å². The van der Waals surface area contributed by atoms with E-state index in [1.807, 2.05) is 29.9 Å². The van der Waals surface area contributed by atoms with Gasteiger partial charge in [-0.3, -0.25) is 0 Å². The summed E-state index contributed by atoms with van der Waals surface area (Å²) < 4.78 is 7.80. The molecule has 0 radical (unpaired) electrons. The van der Waals surface area contributed by atoms with Crippen molar-refractivity contribution in [1.82, 2.24) is 9.88 Å². The van der Waals surface area contributed by atoms with E-state index in [9.17, 15) is 0 Å². The highest BCUT2D eigenvalue weighted by atomic mass is 16.5. The summed E-state index contributed by atoms with van der Waals surface area (Å²) in [5.74, 6) is 0.944. The molecule has 66 valence electrons. The Bertz CT molecular complexity index is 276. The Labute approximate surface area is 72.3 Å². The molecule has 12 heavy (non-hydrogen) atoms. The highest BCUT2D eigenvalue weighted by molar-refractivity contribution is 5.15. The van der Waals surface area contributed by atoms with Gasteiger partial charge in [0.1, 0.15) is 5.60 Å². The zero-order chi connectivity index (χ0) is 8.60. The van der Waals surface area contributed by atoms with Crippen LogP contribution in [0.3, 0.4) is 0 Å². The van der Waals surface area contributed by atoms with Crippen LogP contribution in [0.1, 0.15) is 6.92 Å². The van der Waals surface area contributed by atoms with Crippen LogP contribution in [0, 0.1) is 0 Å². The summed E-state index contributed by atoms with van der Waals surface area (Å²) in [5.41, 5.74) is 0.00606. The van der Waals surface area contributed by atoms with Gasteiger partial charge in [-0.2, -0.15) is 0 Å². The minimum absolute atomic E-state index is 0.00606. The van der Waals surface area contributed by atoms with Gasteiger partial charge in [0.25, 0.3) is 0 Å². The normalized spacial score (nSPS) is 20.2. The minimum Gasteiger partial charge on any atom is -0.470 e. The molecule has 0 saturated carbocycles. The first-order chi connectivity index (χ1) is 5.70. The number of aryl methyl sites for hydroxylation is 1. The summed E-state index contributed by atoms with van der Waals surface area (Å²) in [7, 11) is 1.99. The molecule has 0 aromatic carbocycles. The Balaban J connectivity index is 2.08. The first kappa shape index (κ1) is 7.68. The summed E-state index contributed by atoms with van der Waals surface area (Å²) >= 11 is 0. The standard InChI is InChI=1S/C9H14N2O/c1-9(6-10-7-9)12-8-4-3-5-11(8)2/h3-5,10H,6-7H2,1-2H3. The van der Waals surface area contributed by atoms with Gasteiger partial charge in [-0.05, 0) is 19.1 Å². The van der Waals surface area contributed by atoms with Crippen molar-refractivity contribution in [2.75, 3.05) is 13.1 Å². The predicted molar refractivity (Wildman–Crippen MR) is 47.3 cm³/mol. The van der Waals surface area contributed by atoms with Crippen molar-refractivity contribution in [2.45, 2.75) is 12.5 Å². The monoisotopic (exact) mass is 166 g/mol. The van der Waals surface area contributed by atoms with E-state index in [2.05, 4.69) is 12.2 Å². The lowest BCUT2D eigenvalue weighted by atomic mass is 10.0. The fourth-order valence-corrected chi connectivity index (χ4v) is 1.35. The SMILES string of the molecule is Cn1cccc1OC1(C)CNC1. The van der Waals surface area contributed by atoms with Gasteiger partial charge in [-0.25, -0.2) is 0 Å². The summed E-state index contributed by atoms with van der Waals surface area (Å²) in [6.45, 7) is 4.01. The molecule has 0 unspecified atom stereocenters. The van der Waals surface area contributed by atoms with Gasteiger partial charge in [0, 0.05) is 26.3 Å². The van der Waals surface area contributed by atoms with E-state index in [1.165, 1.54) is 0 Å². The second-order valence-electron chi connectivity index (χ2n) is 3.61. The first-order valence-electron chi connectivity index (χ1n) is 4.21. The maximum absolute atomic E-state index is 5.81. The smallest absolute Gasteiger partial charge is 0.193 e. The van der Waals surface area contributed by atoms with Gasteiger partial charge in [-0.1, -0.05) is 0 Å². The average Bonchev–Trinajstić information content (AvgIpc) is 2.34. The molecule has 0 atom stereocenters. The fraction of sp³-hybridized carbons (Fsp3) is 0.556. The topological polar surface area (TPSA) is 26.2 Å². The third-order valence-electron chi connectivity index (χ3n) is 2.24. The van der Waals surface area contributed by atoms with E-state index in [0.29, 0.717) is 0 Å². The van der Waals surface area contributed by atoms with Crippen LogP contribution in [0.4, 0.5) is 0 Å². The first-order valence-corrected chi connectivity index (χ1v) is 4.21. The van der Waals surface area contributed by atoms with Crippen LogP contribution in [0.2, 0.25) is 0 Å². The Hall–Kier alpha value is -0.960. The van der Waals surface area contributed by atoms with Crippen molar-refractivity contribution in [3.05, 3.63) is 18.3 Å². The molecule has 1 aliphatic heterocycles. The molecule has 3 heteroatoms. The molecule has 1 saturated heterocycles. The highest BCUT2D eigenvalue weighted by Gasteiger charge is 2.34. The summed E-state index contributed by atoms with van der Waals surface area (Å²) in [6.07, 6.45) is 1.99. The number of nitrogens with one attached hydrogen (secondary N) is 1. The Morgan fingerprint density at radius 1 is 1.58 bits per heavy atom. The van der Waals surface area contributed by atoms with E-state index in [1.54, 1.807) is 0 Å². The molecule has 0 bridgehead atoms. The molecule has 1 N–H and O–H groups in total. The van der Waals surface area contributed by atoms with Crippen molar-refractivity contribution >= 4 is 0 Å². The number of nitrogens with zero attached hydrogens (tertiary/aromatic N) is 1. The minimum atomic E-state index is 0.00606. The Morgan fingerprint density at radius 2 is 2.33 bits per heavy atom. The molecule has 2 rings (SSSR count). The number of ether oxygens (including phenoxy) is 1. The zero-order valence-corrected chi connectivity index (χ0v) is 7.50. The van der Waals surface area contributed by atoms with Crippen LogP contribution in [0.25, 0.3) is 0 Å². The van der Waals surface area contributed by atoms with Crippen LogP contribution in [0.5, 0.6) is 5.88 Å². The summed E-state index contributed by atoms with van der Waals surface area (Å²) in [5, 5.41) is 3.20. The number of hydrogen-bond donors (Lipinski definition) is 1. The van der Waals surface area contributed by atoms with Gasteiger partial charge in [0.15, 0.2) is 5.88 Å². The number of hydrogen-bond acceptors (Lipinski definition) is 2. The van der Waals surface area contributed by atoms with Crippen LogP contribution in [-0.2, 0) is 7.05 Å². The molecular weight excluding hydrogens is 152 g/mol. The molecule has 0 aliphatic carbocycles. The quantitative estimate of drug-likeness (QED) is 0.702. The predicted octanol–water partition coefficient (Wildman–Crippen LogP) is 0.766. The average molecular weight is 166 g/mol. The van der Waals surface area contributed by atoms with Crippen molar-refractivity contribution in [1.29, 1.82) is 0 Å². The highest BCUT2D eigenvalue weighted by Crippen LogP contribution is 2.21. The maximum Gasteiger partial charge on any atom is 0.193 e. The molecule has 3 nitrogen and oxygen atoms in total. The summed E-state index contributed by atoms with van der Waals surface area (Å²) in [4.78, 5) is 0. The second kappa shape index (κ2) is 2.52. The fourth-order valence-electron chi connectivity index (χ4n) is 1.35. The van der Waals surface area contributed by atoms with Gasteiger partial charge in [0.2, 0.25) is 0 Å². The van der Waals surface area contributed by atoms with E-state index in [4.69, 9.17) is 4.74 Å². The van der Waals surface area contributed by atoms with Gasteiger partial charge in [-0.15, -0.1) is 0 Å². The van der Waals surface area contributed by atoms with E-state index >= 15 is 0 Å². The van der Waals surface area contributed by atoms with Gasteiger partial charge >= 0.3 is 0 Å². The molecule has 0 spiro atoms. The molecule has 2 heterocycles. The molecular formula is C9H14N2O.